The maximum Gasteiger partial charge on any atom is 0.191 e. The van der Waals surface area contributed by atoms with E-state index in [1.807, 2.05) is 59.4 Å². The van der Waals surface area contributed by atoms with Crippen LogP contribution >= 0.6 is 0 Å². The summed E-state index contributed by atoms with van der Waals surface area (Å²) >= 11 is 0. The molecule has 3 aromatic rings. The Bertz CT molecular complexity index is 842. The van der Waals surface area contributed by atoms with E-state index in [0.717, 1.165) is 22.8 Å². The van der Waals surface area contributed by atoms with Crippen molar-refractivity contribution in [1.82, 2.24) is 25.4 Å². The third-order valence-electron chi connectivity index (χ3n) is 3.80. The number of hydrogen-bond acceptors (Lipinski definition) is 4. The van der Waals surface area contributed by atoms with Crippen LogP contribution in [0, 0.1) is 0 Å². The number of rotatable bonds is 6. The fourth-order valence-corrected chi connectivity index (χ4v) is 2.41. The van der Waals surface area contributed by atoms with E-state index >= 15 is 0 Å². The molecular weight excluding hydrogens is 328 g/mol. The molecule has 2 aromatic heterocycles. The molecule has 0 aliphatic heterocycles. The summed E-state index contributed by atoms with van der Waals surface area (Å²) in [7, 11) is 3.39. The predicted octanol–water partition coefficient (Wildman–Crippen LogP) is 2.14. The van der Waals surface area contributed by atoms with Crippen LogP contribution < -0.4 is 15.4 Å². The number of ether oxygens (including phenoxy) is 1. The standard InChI is InChI=1S/C19H22N6O/c1-20-19(22-13-15-5-3-4-11-21-15)23-14-16-10-12-25(24-16)17-6-8-18(26-2)9-7-17/h3-12H,13-14H2,1-2H3,(H2,20,22,23). The molecule has 0 spiro atoms. The van der Waals surface area contributed by atoms with Gasteiger partial charge in [0.25, 0.3) is 0 Å². The third kappa shape index (κ3) is 4.60. The molecule has 0 atom stereocenters. The Balaban J connectivity index is 1.54. The number of nitrogens with one attached hydrogen (secondary N) is 2. The minimum absolute atomic E-state index is 0.574. The Hall–Kier alpha value is -3.35. The molecule has 7 heteroatoms. The van der Waals surface area contributed by atoms with Crippen LogP contribution in [0.5, 0.6) is 5.75 Å². The Morgan fingerprint density at radius 3 is 2.46 bits per heavy atom. The van der Waals surface area contributed by atoms with Crippen LogP contribution in [0.25, 0.3) is 5.69 Å². The highest BCUT2D eigenvalue weighted by Crippen LogP contribution is 2.14. The third-order valence-corrected chi connectivity index (χ3v) is 3.80. The summed E-state index contributed by atoms with van der Waals surface area (Å²) in [4.78, 5) is 8.50. The highest BCUT2D eigenvalue weighted by Gasteiger charge is 2.04. The summed E-state index contributed by atoms with van der Waals surface area (Å²) in [6, 6.07) is 15.6. The second-order valence-corrected chi connectivity index (χ2v) is 5.55. The van der Waals surface area contributed by atoms with Crippen molar-refractivity contribution in [2.75, 3.05) is 14.2 Å². The smallest absolute Gasteiger partial charge is 0.191 e. The van der Waals surface area contributed by atoms with Crippen molar-refractivity contribution in [2.45, 2.75) is 13.1 Å². The summed E-state index contributed by atoms with van der Waals surface area (Å²) in [6.45, 7) is 1.19. The molecule has 0 fully saturated rings. The lowest BCUT2D eigenvalue weighted by Crippen LogP contribution is -2.36. The number of aliphatic imine (C=N–C) groups is 1. The quantitative estimate of drug-likeness (QED) is 0.526. The van der Waals surface area contributed by atoms with E-state index in [1.165, 1.54) is 0 Å². The number of hydrogen-bond donors (Lipinski definition) is 2. The van der Waals surface area contributed by atoms with Gasteiger partial charge in [0.2, 0.25) is 0 Å². The van der Waals surface area contributed by atoms with E-state index in [9.17, 15) is 0 Å². The van der Waals surface area contributed by atoms with Crippen molar-refractivity contribution in [3.8, 4) is 11.4 Å². The zero-order valence-corrected chi connectivity index (χ0v) is 14.9. The van der Waals surface area contributed by atoms with Gasteiger partial charge in [-0.3, -0.25) is 9.98 Å². The predicted molar refractivity (Wildman–Crippen MR) is 101 cm³/mol. The normalized spacial score (nSPS) is 11.2. The van der Waals surface area contributed by atoms with Crippen LogP contribution in [0.2, 0.25) is 0 Å². The van der Waals surface area contributed by atoms with Gasteiger partial charge in [0.15, 0.2) is 5.96 Å². The van der Waals surface area contributed by atoms with Crippen LogP contribution in [-0.4, -0.2) is 34.9 Å². The number of guanidine groups is 1. The van der Waals surface area contributed by atoms with E-state index in [-0.39, 0.29) is 0 Å². The zero-order chi connectivity index (χ0) is 18.2. The summed E-state index contributed by atoms with van der Waals surface area (Å²) in [6.07, 6.45) is 3.71. The summed E-state index contributed by atoms with van der Waals surface area (Å²) in [5.41, 5.74) is 2.86. The minimum Gasteiger partial charge on any atom is -0.497 e. The van der Waals surface area contributed by atoms with Gasteiger partial charge < -0.3 is 15.4 Å². The number of nitrogens with zero attached hydrogens (tertiary/aromatic N) is 4. The lowest BCUT2D eigenvalue weighted by molar-refractivity contribution is 0.414. The summed E-state index contributed by atoms with van der Waals surface area (Å²) in [5, 5.41) is 11.1. The van der Waals surface area contributed by atoms with Gasteiger partial charge in [-0.1, -0.05) is 6.07 Å². The maximum absolute atomic E-state index is 5.18. The van der Waals surface area contributed by atoms with E-state index in [1.54, 1.807) is 20.4 Å². The Kier molecular flexibility index (Phi) is 5.82. The first-order valence-corrected chi connectivity index (χ1v) is 8.32. The summed E-state index contributed by atoms with van der Waals surface area (Å²) < 4.78 is 7.01. The van der Waals surface area contributed by atoms with E-state index in [2.05, 4.69) is 25.7 Å². The number of benzene rings is 1. The molecule has 0 bridgehead atoms. The highest BCUT2D eigenvalue weighted by molar-refractivity contribution is 5.79. The van der Waals surface area contributed by atoms with Gasteiger partial charge in [-0.15, -0.1) is 0 Å². The van der Waals surface area contributed by atoms with Gasteiger partial charge in [-0.25, -0.2) is 4.68 Å². The van der Waals surface area contributed by atoms with Crippen LogP contribution in [-0.2, 0) is 13.1 Å². The van der Waals surface area contributed by atoms with Gasteiger partial charge in [0.1, 0.15) is 5.75 Å². The molecule has 26 heavy (non-hydrogen) atoms. The maximum atomic E-state index is 5.18. The second kappa shape index (κ2) is 8.66. The molecule has 2 heterocycles. The van der Waals surface area contributed by atoms with Crippen molar-refractivity contribution < 1.29 is 4.74 Å². The molecule has 0 saturated carbocycles. The minimum atomic E-state index is 0.574. The SMILES string of the molecule is CN=C(NCc1ccccn1)NCc1ccn(-c2ccc(OC)cc2)n1. The molecule has 2 N–H and O–H groups in total. The topological polar surface area (TPSA) is 76.4 Å². The Labute approximate surface area is 152 Å². The van der Waals surface area contributed by atoms with E-state index in [4.69, 9.17) is 4.74 Å². The van der Waals surface area contributed by atoms with Crippen LogP contribution in [0.4, 0.5) is 0 Å². The van der Waals surface area contributed by atoms with Crippen molar-refractivity contribution in [2.24, 2.45) is 4.99 Å². The van der Waals surface area contributed by atoms with Gasteiger partial charge in [-0.2, -0.15) is 5.10 Å². The van der Waals surface area contributed by atoms with Crippen molar-refractivity contribution in [3.63, 3.8) is 0 Å². The van der Waals surface area contributed by atoms with Crippen LogP contribution in [0.3, 0.4) is 0 Å². The average molecular weight is 350 g/mol. The van der Waals surface area contributed by atoms with Crippen LogP contribution in [0.15, 0.2) is 65.9 Å². The molecule has 0 radical (unpaired) electrons. The number of aromatic nitrogens is 3. The zero-order valence-electron chi connectivity index (χ0n) is 14.9. The Morgan fingerprint density at radius 2 is 1.81 bits per heavy atom. The first-order valence-electron chi connectivity index (χ1n) is 8.32. The Morgan fingerprint density at radius 1 is 1.04 bits per heavy atom. The summed E-state index contributed by atoms with van der Waals surface area (Å²) in [5.74, 6) is 1.53. The molecular formula is C19H22N6O. The average Bonchev–Trinajstić information content (AvgIpc) is 3.18. The number of methoxy groups -OCH3 is 1. The number of pyridine rings is 1. The lowest BCUT2D eigenvalue weighted by Gasteiger charge is -2.10. The van der Waals surface area contributed by atoms with Gasteiger partial charge in [-0.05, 0) is 42.5 Å². The molecule has 1 aromatic carbocycles. The molecule has 3 rings (SSSR count). The van der Waals surface area contributed by atoms with Crippen molar-refractivity contribution >= 4 is 5.96 Å². The molecule has 0 amide bonds. The fourth-order valence-electron chi connectivity index (χ4n) is 2.41. The van der Waals surface area contributed by atoms with Gasteiger partial charge >= 0.3 is 0 Å². The van der Waals surface area contributed by atoms with E-state index in [0.29, 0.717) is 19.0 Å². The molecule has 0 saturated heterocycles. The van der Waals surface area contributed by atoms with E-state index < -0.39 is 0 Å². The first kappa shape index (κ1) is 17.5. The molecule has 7 nitrogen and oxygen atoms in total. The fraction of sp³-hybridized carbons (Fsp3) is 0.211. The molecule has 0 unspecified atom stereocenters. The first-order chi connectivity index (χ1) is 12.8. The van der Waals surface area contributed by atoms with Gasteiger partial charge in [0, 0.05) is 19.4 Å². The molecule has 0 aliphatic carbocycles. The van der Waals surface area contributed by atoms with Crippen molar-refractivity contribution in [3.05, 3.63) is 72.3 Å². The lowest BCUT2D eigenvalue weighted by atomic mass is 10.3. The van der Waals surface area contributed by atoms with Crippen LogP contribution in [0.1, 0.15) is 11.4 Å². The second-order valence-electron chi connectivity index (χ2n) is 5.55. The van der Waals surface area contributed by atoms with Gasteiger partial charge in [0.05, 0.1) is 37.3 Å². The molecule has 134 valence electrons. The van der Waals surface area contributed by atoms with Crippen molar-refractivity contribution in [1.29, 1.82) is 0 Å². The monoisotopic (exact) mass is 350 g/mol. The highest BCUT2D eigenvalue weighted by atomic mass is 16.5. The largest absolute Gasteiger partial charge is 0.497 e. The molecule has 0 aliphatic rings.